The summed E-state index contributed by atoms with van der Waals surface area (Å²) in [6.45, 7) is 6.20. The molecule has 0 radical (unpaired) electrons. The molecule has 0 spiro atoms. The van der Waals surface area contributed by atoms with E-state index in [1.807, 2.05) is 13.8 Å². The van der Waals surface area contributed by atoms with Gasteiger partial charge in [-0.15, -0.1) is 0 Å². The van der Waals surface area contributed by atoms with Crippen molar-refractivity contribution < 1.29 is 0 Å². The van der Waals surface area contributed by atoms with Crippen molar-refractivity contribution in [3.8, 4) is 0 Å². The molecule has 1 nitrogen and oxygen atoms in total. The lowest BCUT2D eigenvalue weighted by atomic mass is 10.1. The molecule has 1 heteroatoms. The van der Waals surface area contributed by atoms with Gasteiger partial charge in [0.25, 0.3) is 0 Å². The maximum atomic E-state index is 4.50. The van der Waals surface area contributed by atoms with Crippen LogP contribution in [0.4, 0.5) is 0 Å². The van der Waals surface area contributed by atoms with Gasteiger partial charge >= 0.3 is 0 Å². The lowest BCUT2D eigenvalue weighted by Crippen LogP contribution is -1.78. The lowest BCUT2D eigenvalue weighted by Gasteiger charge is -1.93. The Morgan fingerprint density at radius 2 is 1.46 bits per heavy atom. The van der Waals surface area contributed by atoms with Gasteiger partial charge in [-0.1, -0.05) is 57.5 Å². The second kappa shape index (κ2) is 13.7. The van der Waals surface area contributed by atoms with Crippen LogP contribution in [-0.4, -0.2) is 7.05 Å². The fourth-order valence-electron chi connectivity index (χ4n) is 0.933. The predicted molar refractivity (Wildman–Crippen MR) is 61.9 cm³/mol. The molecule has 2 N–H and O–H groups in total. The summed E-state index contributed by atoms with van der Waals surface area (Å²) in [5.41, 5.74) is 5.94. The first-order chi connectivity index (χ1) is 6.43. The van der Waals surface area contributed by atoms with E-state index in [-0.39, 0.29) is 0 Å². The fraction of sp³-hybridized carbons (Fsp3) is 0.500. The van der Waals surface area contributed by atoms with Crippen LogP contribution >= 0.6 is 0 Å². The Balaban J connectivity index is 0. The molecule has 0 bridgehead atoms. The van der Waals surface area contributed by atoms with Crippen molar-refractivity contribution in [2.45, 2.75) is 33.6 Å². The van der Waals surface area contributed by atoms with Crippen LogP contribution in [0.15, 0.2) is 30.3 Å². The van der Waals surface area contributed by atoms with E-state index in [1.165, 1.54) is 25.5 Å². The van der Waals surface area contributed by atoms with Gasteiger partial charge in [0.15, 0.2) is 0 Å². The van der Waals surface area contributed by atoms with E-state index in [9.17, 15) is 0 Å². The summed E-state index contributed by atoms with van der Waals surface area (Å²) in [5, 5.41) is 0. The maximum Gasteiger partial charge on any atom is -0.0195 e. The Kier molecular flexibility index (Phi) is 15.5. The molecule has 76 valence electrons. The summed E-state index contributed by atoms with van der Waals surface area (Å²) in [5.74, 6) is 0. The smallest absolute Gasteiger partial charge is 0.0195 e. The summed E-state index contributed by atoms with van der Waals surface area (Å²) >= 11 is 0. The minimum Gasteiger partial charge on any atom is -0.333 e. The summed E-state index contributed by atoms with van der Waals surface area (Å²) < 4.78 is 0. The third-order valence-electron chi connectivity index (χ3n) is 1.38. The second-order valence-corrected chi connectivity index (χ2v) is 2.24. The molecule has 0 aliphatic heterocycles. The van der Waals surface area contributed by atoms with Crippen LogP contribution in [0.25, 0.3) is 0 Å². The molecule has 1 aromatic rings. The van der Waals surface area contributed by atoms with Crippen LogP contribution in [0, 0.1) is 0 Å². The highest BCUT2D eigenvalue weighted by atomic mass is 14.4. The van der Waals surface area contributed by atoms with Crippen LogP contribution in [0.5, 0.6) is 0 Å². The van der Waals surface area contributed by atoms with Gasteiger partial charge in [-0.3, -0.25) is 0 Å². The van der Waals surface area contributed by atoms with Gasteiger partial charge in [-0.25, -0.2) is 0 Å². The molecule has 0 fully saturated rings. The standard InChI is InChI=1S/C9H12.C2H6.CH5N/c1-2-6-9-7-4-3-5-8-9;2*1-2/h3-5,7-8H,2,6H2,1H3;1-2H3;2H2,1H3. The topological polar surface area (TPSA) is 26.0 Å². The highest BCUT2D eigenvalue weighted by Crippen LogP contribution is 2.00. The van der Waals surface area contributed by atoms with Crippen LogP contribution in [-0.2, 0) is 6.42 Å². The molecule has 0 saturated carbocycles. The summed E-state index contributed by atoms with van der Waals surface area (Å²) in [4.78, 5) is 0. The average Bonchev–Trinajstić information content (AvgIpc) is 2.26. The Morgan fingerprint density at radius 3 is 1.85 bits per heavy atom. The average molecular weight is 181 g/mol. The first kappa shape index (κ1) is 14.7. The summed E-state index contributed by atoms with van der Waals surface area (Å²) in [6.07, 6.45) is 2.45. The molecular weight excluding hydrogens is 158 g/mol. The molecule has 0 aliphatic carbocycles. The van der Waals surface area contributed by atoms with Crippen molar-refractivity contribution in [1.82, 2.24) is 0 Å². The number of nitrogens with two attached hydrogens (primary N) is 1. The second-order valence-electron chi connectivity index (χ2n) is 2.24. The van der Waals surface area contributed by atoms with Crippen molar-refractivity contribution in [2.24, 2.45) is 5.73 Å². The van der Waals surface area contributed by atoms with Gasteiger partial charge in [0, 0.05) is 0 Å². The van der Waals surface area contributed by atoms with E-state index in [1.54, 1.807) is 0 Å². The molecule has 0 amide bonds. The first-order valence-electron chi connectivity index (χ1n) is 5.05. The number of aryl methyl sites for hydroxylation is 1. The van der Waals surface area contributed by atoms with Crippen LogP contribution in [0.1, 0.15) is 32.8 Å². The van der Waals surface area contributed by atoms with E-state index in [0.717, 1.165) is 0 Å². The van der Waals surface area contributed by atoms with Gasteiger partial charge in [0.05, 0.1) is 0 Å². The number of hydrogen-bond donors (Lipinski definition) is 1. The van der Waals surface area contributed by atoms with Crippen LogP contribution < -0.4 is 5.73 Å². The van der Waals surface area contributed by atoms with E-state index < -0.39 is 0 Å². The molecule has 0 atom stereocenters. The highest BCUT2D eigenvalue weighted by Gasteiger charge is 1.84. The van der Waals surface area contributed by atoms with Crippen molar-refractivity contribution in [3.05, 3.63) is 35.9 Å². The minimum absolute atomic E-state index is 1.21. The van der Waals surface area contributed by atoms with Crippen molar-refractivity contribution in [2.75, 3.05) is 7.05 Å². The predicted octanol–water partition coefficient (Wildman–Crippen LogP) is 3.24. The maximum absolute atomic E-state index is 4.50. The van der Waals surface area contributed by atoms with Gasteiger partial charge in [0.2, 0.25) is 0 Å². The molecule has 0 saturated heterocycles. The normalized spacial score (nSPS) is 7.46. The molecule has 1 aromatic carbocycles. The van der Waals surface area contributed by atoms with Crippen molar-refractivity contribution in [3.63, 3.8) is 0 Å². The zero-order valence-corrected chi connectivity index (χ0v) is 9.38. The van der Waals surface area contributed by atoms with Crippen molar-refractivity contribution in [1.29, 1.82) is 0 Å². The van der Waals surface area contributed by atoms with Gasteiger partial charge < -0.3 is 5.73 Å². The van der Waals surface area contributed by atoms with E-state index in [4.69, 9.17) is 0 Å². The van der Waals surface area contributed by atoms with E-state index in [0.29, 0.717) is 0 Å². The molecule has 0 aliphatic rings. The van der Waals surface area contributed by atoms with E-state index in [2.05, 4.69) is 43.0 Å². The number of benzene rings is 1. The van der Waals surface area contributed by atoms with Crippen LogP contribution in [0.2, 0.25) is 0 Å². The summed E-state index contributed by atoms with van der Waals surface area (Å²) in [6, 6.07) is 10.6. The minimum atomic E-state index is 1.21. The van der Waals surface area contributed by atoms with Gasteiger partial charge in [-0.05, 0) is 19.0 Å². The first-order valence-corrected chi connectivity index (χ1v) is 5.05. The molecule has 0 heterocycles. The number of rotatable bonds is 2. The largest absolute Gasteiger partial charge is 0.333 e. The van der Waals surface area contributed by atoms with Gasteiger partial charge in [0.1, 0.15) is 0 Å². The Labute approximate surface area is 83.0 Å². The molecule has 1 rings (SSSR count). The van der Waals surface area contributed by atoms with Gasteiger partial charge in [-0.2, -0.15) is 0 Å². The molecule has 0 aromatic heterocycles. The zero-order chi connectivity index (χ0) is 10.5. The quantitative estimate of drug-likeness (QED) is 0.744. The lowest BCUT2D eigenvalue weighted by molar-refractivity contribution is 0.922. The Bertz CT molecular complexity index is 158. The zero-order valence-electron chi connectivity index (χ0n) is 9.38. The summed E-state index contributed by atoms with van der Waals surface area (Å²) in [7, 11) is 1.50. The Hall–Kier alpha value is -0.820. The van der Waals surface area contributed by atoms with Crippen molar-refractivity contribution >= 4 is 0 Å². The van der Waals surface area contributed by atoms with Crippen LogP contribution in [0.3, 0.4) is 0 Å². The van der Waals surface area contributed by atoms with E-state index >= 15 is 0 Å². The monoisotopic (exact) mass is 181 g/mol. The molecule has 0 unspecified atom stereocenters. The number of hydrogen-bond acceptors (Lipinski definition) is 1. The molecule has 13 heavy (non-hydrogen) atoms. The highest BCUT2D eigenvalue weighted by molar-refractivity contribution is 5.14. The third kappa shape index (κ3) is 9.09. The third-order valence-corrected chi connectivity index (χ3v) is 1.38. The fourth-order valence-corrected chi connectivity index (χ4v) is 0.933. The Morgan fingerprint density at radius 1 is 1.00 bits per heavy atom. The SMILES string of the molecule is CC.CCCc1ccccc1.CN. The molecular formula is C12H23N.